The molecule has 5 heteroatoms. The van der Waals surface area contributed by atoms with Crippen LogP contribution in [0.1, 0.15) is 55.8 Å². The third-order valence-electron chi connectivity index (χ3n) is 5.68. The van der Waals surface area contributed by atoms with Gasteiger partial charge in [-0.15, -0.1) is 0 Å². The predicted octanol–water partition coefficient (Wildman–Crippen LogP) is 3.89. The lowest BCUT2D eigenvalue weighted by Gasteiger charge is -2.34. The molecule has 2 aliphatic rings. The molecule has 1 saturated carbocycles. The van der Waals surface area contributed by atoms with Crippen molar-refractivity contribution in [3.63, 3.8) is 0 Å². The minimum atomic E-state index is 0.0245. The van der Waals surface area contributed by atoms with Crippen molar-refractivity contribution < 1.29 is 9.59 Å². The number of hydrogen-bond acceptors (Lipinski definition) is 2. The lowest BCUT2D eigenvalue weighted by molar-refractivity contribution is -0.127. The zero-order valence-electron chi connectivity index (χ0n) is 14.8. The summed E-state index contributed by atoms with van der Waals surface area (Å²) in [5.41, 5.74) is 0.656. The molecule has 1 N–H and O–H groups in total. The van der Waals surface area contributed by atoms with Crippen LogP contribution in [-0.4, -0.2) is 35.8 Å². The Morgan fingerprint density at radius 2 is 1.68 bits per heavy atom. The minimum Gasteiger partial charge on any atom is -0.353 e. The van der Waals surface area contributed by atoms with Crippen LogP contribution in [0.15, 0.2) is 24.3 Å². The van der Waals surface area contributed by atoms with Crippen LogP contribution in [0.3, 0.4) is 0 Å². The zero-order chi connectivity index (χ0) is 17.8. The van der Waals surface area contributed by atoms with E-state index in [0.717, 1.165) is 19.3 Å². The summed E-state index contributed by atoms with van der Waals surface area (Å²) in [4.78, 5) is 26.9. The Bertz CT molecular complexity index is 609. The molecule has 0 aromatic heterocycles. The van der Waals surface area contributed by atoms with Gasteiger partial charge in [0.25, 0.3) is 5.91 Å². The van der Waals surface area contributed by atoms with E-state index in [1.54, 1.807) is 24.3 Å². The number of halogens is 1. The van der Waals surface area contributed by atoms with Gasteiger partial charge >= 0.3 is 0 Å². The Labute approximate surface area is 154 Å². The third-order valence-corrected chi connectivity index (χ3v) is 5.94. The zero-order valence-corrected chi connectivity index (χ0v) is 15.6. The van der Waals surface area contributed by atoms with E-state index >= 15 is 0 Å². The molecule has 0 radical (unpaired) electrons. The molecular formula is C20H27ClN2O2. The van der Waals surface area contributed by atoms with Crippen LogP contribution in [0.4, 0.5) is 0 Å². The van der Waals surface area contributed by atoms with Crippen LogP contribution in [-0.2, 0) is 4.79 Å². The Morgan fingerprint density at radius 3 is 2.32 bits per heavy atom. The number of rotatable bonds is 3. The number of carbonyl (C=O) groups is 2. The molecule has 1 saturated heterocycles. The molecule has 0 unspecified atom stereocenters. The molecule has 0 bridgehead atoms. The summed E-state index contributed by atoms with van der Waals surface area (Å²) in [6, 6.07) is 7.32. The number of piperidine rings is 1. The van der Waals surface area contributed by atoms with Gasteiger partial charge in [-0.05, 0) is 55.9 Å². The van der Waals surface area contributed by atoms with Crippen molar-refractivity contribution in [3.05, 3.63) is 34.9 Å². The van der Waals surface area contributed by atoms with Gasteiger partial charge in [-0.2, -0.15) is 0 Å². The molecule has 3 rings (SSSR count). The normalized spacial score (nSPS) is 24.8. The highest BCUT2D eigenvalue weighted by Gasteiger charge is 2.30. The fraction of sp³-hybridized carbons (Fsp3) is 0.600. The van der Waals surface area contributed by atoms with Crippen LogP contribution in [0, 0.1) is 11.8 Å². The Kier molecular flexibility index (Phi) is 6.00. The smallest absolute Gasteiger partial charge is 0.253 e. The van der Waals surface area contributed by atoms with Crippen LogP contribution in [0.25, 0.3) is 0 Å². The number of likely N-dealkylation sites (tertiary alicyclic amines) is 1. The molecule has 1 aliphatic heterocycles. The van der Waals surface area contributed by atoms with Crippen LogP contribution < -0.4 is 5.32 Å². The number of hydrogen-bond donors (Lipinski definition) is 1. The third kappa shape index (κ3) is 4.55. The molecule has 1 aromatic carbocycles. The summed E-state index contributed by atoms with van der Waals surface area (Å²) in [5.74, 6) is 0.807. The van der Waals surface area contributed by atoms with Crippen molar-refractivity contribution >= 4 is 23.4 Å². The summed E-state index contributed by atoms with van der Waals surface area (Å²) >= 11 is 5.88. The quantitative estimate of drug-likeness (QED) is 0.886. The first-order valence-electron chi connectivity index (χ1n) is 9.40. The Morgan fingerprint density at radius 1 is 1.04 bits per heavy atom. The maximum atomic E-state index is 12.6. The molecule has 2 atom stereocenters. The van der Waals surface area contributed by atoms with Gasteiger partial charge in [0.2, 0.25) is 5.91 Å². The van der Waals surface area contributed by atoms with Gasteiger partial charge in [-0.3, -0.25) is 9.59 Å². The molecule has 25 heavy (non-hydrogen) atoms. The van der Waals surface area contributed by atoms with Gasteiger partial charge in [0.05, 0.1) is 0 Å². The molecule has 0 spiro atoms. The lowest BCUT2D eigenvalue weighted by Crippen LogP contribution is -2.47. The minimum absolute atomic E-state index is 0.0245. The van der Waals surface area contributed by atoms with E-state index in [0.29, 0.717) is 35.6 Å². The molecule has 1 heterocycles. The van der Waals surface area contributed by atoms with Gasteiger partial charge < -0.3 is 10.2 Å². The Balaban J connectivity index is 1.50. The average Bonchev–Trinajstić information content (AvgIpc) is 2.64. The van der Waals surface area contributed by atoms with E-state index in [1.165, 1.54) is 19.3 Å². The number of amides is 2. The van der Waals surface area contributed by atoms with Crippen molar-refractivity contribution in [2.24, 2.45) is 11.8 Å². The first kappa shape index (κ1) is 18.2. The van der Waals surface area contributed by atoms with Gasteiger partial charge in [0.1, 0.15) is 0 Å². The molecule has 1 aromatic rings. The number of carbonyl (C=O) groups excluding carboxylic acids is 2. The summed E-state index contributed by atoms with van der Waals surface area (Å²) in [6.45, 7) is 3.51. The van der Waals surface area contributed by atoms with E-state index in [1.807, 2.05) is 4.90 Å². The highest BCUT2D eigenvalue weighted by molar-refractivity contribution is 6.30. The van der Waals surface area contributed by atoms with E-state index in [2.05, 4.69) is 12.2 Å². The summed E-state index contributed by atoms with van der Waals surface area (Å²) < 4.78 is 0. The maximum Gasteiger partial charge on any atom is 0.253 e. The number of nitrogens with zero attached hydrogens (tertiary/aromatic N) is 1. The fourth-order valence-corrected chi connectivity index (χ4v) is 4.08. The van der Waals surface area contributed by atoms with Crippen LogP contribution in [0.2, 0.25) is 5.02 Å². The Hall–Kier alpha value is -1.55. The van der Waals surface area contributed by atoms with Crippen LogP contribution in [0.5, 0.6) is 0 Å². The average molecular weight is 363 g/mol. The highest BCUT2D eigenvalue weighted by atomic mass is 35.5. The number of benzene rings is 1. The molecular weight excluding hydrogens is 336 g/mol. The molecule has 2 fully saturated rings. The van der Waals surface area contributed by atoms with Crippen LogP contribution >= 0.6 is 11.6 Å². The molecule has 136 valence electrons. The van der Waals surface area contributed by atoms with Gasteiger partial charge in [-0.1, -0.05) is 31.4 Å². The monoisotopic (exact) mass is 362 g/mol. The number of nitrogens with one attached hydrogen (secondary N) is 1. The van der Waals surface area contributed by atoms with E-state index in [-0.39, 0.29) is 17.7 Å². The van der Waals surface area contributed by atoms with Crippen molar-refractivity contribution in [3.8, 4) is 0 Å². The van der Waals surface area contributed by atoms with Gasteiger partial charge in [0.15, 0.2) is 0 Å². The highest BCUT2D eigenvalue weighted by Crippen LogP contribution is 2.25. The first-order chi connectivity index (χ1) is 12.0. The van der Waals surface area contributed by atoms with Crippen molar-refractivity contribution in [2.45, 2.75) is 51.5 Å². The summed E-state index contributed by atoms with van der Waals surface area (Å²) in [7, 11) is 0. The fourth-order valence-electron chi connectivity index (χ4n) is 3.95. The van der Waals surface area contributed by atoms with Crippen molar-refractivity contribution in [2.75, 3.05) is 13.1 Å². The topological polar surface area (TPSA) is 49.4 Å². The molecule has 1 aliphatic carbocycles. The van der Waals surface area contributed by atoms with Gasteiger partial charge in [-0.25, -0.2) is 0 Å². The van der Waals surface area contributed by atoms with E-state index < -0.39 is 0 Å². The van der Waals surface area contributed by atoms with E-state index in [4.69, 9.17) is 11.6 Å². The first-order valence-corrected chi connectivity index (χ1v) is 9.77. The SMILES string of the molecule is C[C@H]1CCCC[C@H]1NC(=O)C1CCN(C(=O)c2ccc(Cl)cc2)CC1. The molecule has 4 nitrogen and oxygen atoms in total. The maximum absolute atomic E-state index is 12.6. The summed E-state index contributed by atoms with van der Waals surface area (Å²) in [6.07, 6.45) is 6.28. The second-order valence-electron chi connectivity index (χ2n) is 7.45. The standard InChI is InChI=1S/C20H27ClN2O2/c1-14-4-2-3-5-18(14)22-19(24)15-10-12-23(13-11-15)20(25)16-6-8-17(21)9-7-16/h6-9,14-15,18H,2-5,10-13H2,1H3,(H,22,24)/t14-,18+/m0/s1. The van der Waals surface area contributed by atoms with E-state index in [9.17, 15) is 9.59 Å². The summed E-state index contributed by atoms with van der Waals surface area (Å²) in [5, 5.41) is 3.89. The van der Waals surface area contributed by atoms with Crippen molar-refractivity contribution in [1.82, 2.24) is 10.2 Å². The van der Waals surface area contributed by atoms with Crippen molar-refractivity contribution in [1.29, 1.82) is 0 Å². The van der Waals surface area contributed by atoms with Gasteiger partial charge in [0, 0.05) is 35.6 Å². The largest absolute Gasteiger partial charge is 0.353 e. The predicted molar refractivity (Wildman–Crippen MR) is 99.6 cm³/mol. The molecule has 2 amide bonds. The second-order valence-corrected chi connectivity index (χ2v) is 7.89. The lowest BCUT2D eigenvalue weighted by atomic mass is 9.85. The second kappa shape index (κ2) is 8.22.